The van der Waals surface area contributed by atoms with E-state index in [9.17, 15) is 18.8 Å². The van der Waals surface area contributed by atoms with Gasteiger partial charge in [0.05, 0.1) is 11.2 Å². The van der Waals surface area contributed by atoms with E-state index >= 15 is 0 Å². The zero-order chi connectivity index (χ0) is 23.1. The minimum Gasteiger partial charge on any atom is -0.486 e. The Balaban J connectivity index is 1.52. The molecule has 168 valence electrons. The van der Waals surface area contributed by atoms with Crippen molar-refractivity contribution in [2.45, 2.75) is 13.5 Å². The predicted octanol–water partition coefficient (Wildman–Crippen LogP) is 3.07. The summed E-state index contributed by atoms with van der Waals surface area (Å²) in [4.78, 5) is 39.1. The van der Waals surface area contributed by atoms with Crippen molar-refractivity contribution in [1.82, 2.24) is 9.13 Å². The molecule has 3 heterocycles. The number of nitrogens with one attached hydrogen (secondary N) is 1. The summed E-state index contributed by atoms with van der Waals surface area (Å²) in [6.07, 6.45) is 0. The number of halogens is 1. The van der Waals surface area contributed by atoms with Gasteiger partial charge < -0.3 is 14.8 Å². The first-order valence-corrected chi connectivity index (χ1v) is 11.0. The van der Waals surface area contributed by atoms with Crippen LogP contribution in [0.3, 0.4) is 0 Å². The number of thiophene rings is 1. The van der Waals surface area contributed by atoms with Gasteiger partial charge in [-0.2, -0.15) is 0 Å². The molecule has 0 fully saturated rings. The van der Waals surface area contributed by atoms with Gasteiger partial charge in [0, 0.05) is 11.8 Å². The van der Waals surface area contributed by atoms with Crippen LogP contribution in [0.2, 0.25) is 0 Å². The van der Waals surface area contributed by atoms with Crippen LogP contribution in [0.15, 0.2) is 57.4 Å². The molecule has 10 heteroatoms. The molecular weight excluding hydrogens is 449 g/mol. The summed E-state index contributed by atoms with van der Waals surface area (Å²) >= 11 is 1.17. The van der Waals surface area contributed by atoms with Gasteiger partial charge in [0.25, 0.3) is 5.56 Å². The molecule has 4 aromatic rings. The highest BCUT2D eigenvalue weighted by Gasteiger charge is 2.19. The zero-order valence-corrected chi connectivity index (χ0v) is 18.3. The summed E-state index contributed by atoms with van der Waals surface area (Å²) in [5.74, 6) is 0.221. The quantitative estimate of drug-likeness (QED) is 0.498. The van der Waals surface area contributed by atoms with Gasteiger partial charge in [0.1, 0.15) is 30.3 Å². The normalized spacial score (nSPS) is 12.7. The van der Waals surface area contributed by atoms with Gasteiger partial charge in [-0.15, -0.1) is 11.3 Å². The summed E-state index contributed by atoms with van der Waals surface area (Å²) in [6, 6.07) is 10.6. The van der Waals surface area contributed by atoms with E-state index in [1.807, 2.05) is 0 Å². The van der Waals surface area contributed by atoms with E-state index in [4.69, 9.17) is 9.47 Å². The molecule has 0 saturated carbocycles. The fourth-order valence-electron chi connectivity index (χ4n) is 3.70. The number of carbonyl (C=O) groups excluding carboxylic acids is 1. The first-order valence-electron chi connectivity index (χ1n) is 10.1. The van der Waals surface area contributed by atoms with Gasteiger partial charge in [-0.05, 0) is 54.3 Å². The smallest absolute Gasteiger partial charge is 0.336 e. The molecule has 0 saturated heterocycles. The molecule has 0 aliphatic carbocycles. The van der Waals surface area contributed by atoms with Crippen LogP contribution in [0.5, 0.6) is 11.5 Å². The average molecular weight is 467 g/mol. The fourth-order valence-corrected chi connectivity index (χ4v) is 4.53. The number of aromatic nitrogens is 2. The Morgan fingerprint density at radius 1 is 1.09 bits per heavy atom. The highest BCUT2D eigenvalue weighted by molar-refractivity contribution is 7.17. The van der Waals surface area contributed by atoms with Crippen molar-refractivity contribution < 1.29 is 18.7 Å². The number of amides is 1. The lowest BCUT2D eigenvalue weighted by Crippen LogP contribution is -2.40. The SMILES string of the molecule is Cc1cc(-n2c(=O)c3sccc3n(CC(=O)Nc3ccc4c(c3)OCCO4)c2=O)ccc1F. The molecule has 0 bridgehead atoms. The first kappa shape index (κ1) is 21.0. The number of hydrogen-bond acceptors (Lipinski definition) is 6. The first-order chi connectivity index (χ1) is 15.9. The van der Waals surface area contributed by atoms with Crippen molar-refractivity contribution in [3.8, 4) is 17.2 Å². The van der Waals surface area contributed by atoms with Crippen LogP contribution in [0.4, 0.5) is 10.1 Å². The molecule has 2 aromatic heterocycles. The van der Waals surface area contributed by atoms with Crippen LogP contribution in [0.1, 0.15) is 5.56 Å². The van der Waals surface area contributed by atoms with E-state index in [-0.39, 0.29) is 12.2 Å². The summed E-state index contributed by atoms with van der Waals surface area (Å²) in [5, 5.41) is 4.43. The number of nitrogens with zero attached hydrogens (tertiary/aromatic N) is 2. The number of fused-ring (bicyclic) bond motifs is 2. The van der Waals surface area contributed by atoms with Crippen LogP contribution in [0.25, 0.3) is 15.9 Å². The van der Waals surface area contributed by atoms with E-state index in [1.54, 1.807) is 36.6 Å². The Morgan fingerprint density at radius 3 is 2.67 bits per heavy atom. The Morgan fingerprint density at radius 2 is 1.88 bits per heavy atom. The number of benzene rings is 2. The molecule has 33 heavy (non-hydrogen) atoms. The van der Waals surface area contributed by atoms with E-state index in [2.05, 4.69) is 5.32 Å². The largest absolute Gasteiger partial charge is 0.486 e. The summed E-state index contributed by atoms with van der Waals surface area (Å²) in [6.45, 7) is 2.11. The number of aryl methyl sites for hydroxylation is 1. The second kappa shape index (κ2) is 8.21. The molecule has 0 spiro atoms. The highest BCUT2D eigenvalue weighted by Crippen LogP contribution is 2.32. The molecule has 1 aliphatic rings. The van der Waals surface area contributed by atoms with Crippen molar-refractivity contribution in [2.24, 2.45) is 0 Å². The minimum absolute atomic E-state index is 0.236. The molecule has 0 atom stereocenters. The lowest BCUT2D eigenvalue weighted by molar-refractivity contribution is -0.116. The maximum absolute atomic E-state index is 13.7. The van der Waals surface area contributed by atoms with Gasteiger partial charge in [-0.3, -0.25) is 14.2 Å². The second-order valence-corrected chi connectivity index (χ2v) is 8.40. The summed E-state index contributed by atoms with van der Waals surface area (Å²) < 4.78 is 27.3. The van der Waals surface area contributed by atoms with Crippen LogP contribution < -0.4 is 26.0 Å². The number of hydrogen-bond donors (Lipinski definition) is 1. The van der Waals surface area contributed by atoms with Crippen molar-refractivity contribution in [1.29, 1.82) is 0 Å². The predicted molar refractivity (Wildman–Crippen MR) is 122 cm³/mol. The van der Waals surface area contributed by atoms with Crippen LogP contribution in [0, 0.1) is 12.7 Å². The van der Waals surface area contributed by atoms with Crippen molar-refractivity contribution in [3.05, 3.63) is 80.1 Å². The van der Waals surface area contributed by atoms with E-state index in [0.29, 0.717) is 46.2 Å². The van der Waals surface area contributed by atoms with Gasteiger partial charge >= 0.3 is 5.69 Å². The van der Waals surface area contributed by atoms with Crippen molar-refractivity contribution in [3.63, 3.8) is 0 Å². The van der Waals surface area contributed by atoms with Gasteiger partial charge in [-0.25, -0.2) is 13.8 Å². The maximum Gasteiger partial charge on any atom is 0.336 e. The average Bonchev–Trinajstić information content (AvgIpc) is 3.29. The number of ether oxygens (including phenoxy) is 2. The maximum atomic E-state index is 13.7. The van der Waals surface area contributed by atoms with E-state index in [1.165, 1.54) is 34.1 Å². The van der Waals surface area contributed by atoms with Crippen LogP contribution in [-0.4, -0.2) is 28.3 Å². The number of carbonyl (C=O) groups is 1. The Kier molecular flexibility index (Phi) is 5.21. The molecule has 1 aliphatic heterocycles. The molecule has 0 unspecified atom stereocenters. The Bertz CT molecular complexity index is 1520. The Labute approximate surface area is 190 Å². The van der Waals surface area contributed by atoms with Crippen molar-refractivity contribution >= 4 is 33.1 Å². The molecule has 1 N–H and O–H groups in total. The number of anilines is 1. The molecular formula is C23H18FN3O5S. The second-order valence-electron chi connectivity index (χ2n) is 7.48. The van der Waals surface area contributed by atoms with Crippen LogP contribution >= 0.6 is 11.3 Å². The molecule has 5 rings (SSSR count). The fraction of sp³-hybridized carbons (Fsp3) is 0.174. The number of rotatable bonds is 4. The third-order valence-corrected chi connectivity index (χ3v) is 6.17. The summed E-state index contributed by atoms with van der Waals surface area (Å²) in [7, 11) is 0. The molecule has 2 aromatic carbocycles. The van der Waals surface area contributed by atoms with Gasteiger partial charge in [0.15, 0.2) is 11.5 Å². The lowest BCUT2D eigenvalue weighted by Gasteiger charge is -2.19. The zero-order valence-electron chi connectivity index (χ0n) is 17.5. The standard InChI is InChI=1S/C23H18FN3O5S/c1-13-10-15(3-4-16(13)24)27-22(29)21-17(6-9-33-21)26(23(27)30)12-20(28)25-14-2-5-18-19(11-14)32-8-7-31-18/h2-6,9-11H,7-8,12H2,1H3,(H,25,28). The summed E-state index contributed by atoms with van der Waals surface area (Å²) in [5.41, 5.74) is 0.186. The van der Waals surface area contributed by atoms with Crippen LogP contribution in [-0.2, 0) is 11.3 Å². The lowest BCUT2D eigenvalue weighted by atomic mass is 10.2. The topological polar surface area (TPSA) is 91.6 Å². The third-order valence-electron chi connectivity index (χ3n) is 5.28. The van der Waals surface area contributed by atoms with Crippen molar-refractivity contribution in [2.75, 3.05) is 18.5 Å². The van der Waals surface area contributed by atoms with E-state index < -0.39 is 23.0 Å². The van der Waals surface area contributed by atoms with E-state index in [0.717, 1.165) is 4.57 Å². The molecule has 8 nitrogen and oxygen atoms in total. The monoisotopic (exact) mass is 467 g/mol. The van der Waals surface area contributed by atoms with Gasteiger partial charge in [-0.1, -0.05) is 0 Å². The minimum atomic E-state index is -0.686. The Hall–Kier alpha value is -3.92. The molecule has 1 amide bonds. The molecule has 0 radical (unpaired) electrons. The van der Waals surface area contributed by atoms with Gasteiger partial charge in [0.2, 0.25) is 5.91 Å². The highest BCUT2D eigenvalue weighted by atomic mass is 32.1. The third kappa shape index (κ3) is 3.78.